The Balaban J connectivity index is 1.78. The molecule has 0 radical (unpaired) electrons. The molecule has 0 unspecified atom stereocenters. The van der Waals surface area contributed by atoms with Gasteiger partial charge in [0.1, 0.15) is 0 Å². The Morgan fingerprint density at radius 3 is 2.28 bits per heavy atom. The first-order valence-corrected chi connectivity index (χ1v) is 11.6. The molecule has 156 valence electrons. The minimum Gasteiger partial charge on any atom is -0.321 e. The SMILES string of the molecule is Cc1cccc(C(C)C)c1NC(=O)c1ccc(S(=O)(=O)N2CCC(C)CC2)cc1. The summed E-state index contributed by atoms with van der Waals surface area (Å²) in [6.07, 6.45) is 1.77. The van der Waals surface area contributed by atoms with Crippen LogP contribution >= 0.6 is 0 Å². The number of hydrogen-bond acceptors (Lipinski definition) is 3. The molecule has 2 aromatic carbocycles. The summed E-state index contributed by atoms with van der Waals surface area (Å²) in [5.41, 5.74) is 3.35. The first kappa shape index (κ1) is 21.5. The summed E-state index contributed by atoms with van der Waals surface area (Å²) in [6.45, 7) is 9.40. The monoisotopic (exact) mass is 414 g/mol. The predicted molar refractivity (Wildman–Crippen MR) is 117 cm³/mol. The van der Waals surface area contributed by atoms with Crippen LogP contribution in [0, 0.1) is 12.8 Å². The van der Waals surface area contributed by atoms with E-state index < -0.39 is 10.0 Å². The summed E-state index contributed by atoms with van der Waals surface area (Å²) < 4.78 is 27.3. The van der Waals surface area contributed by atoms with Crippen LogP contribution in [0.5, 0.6) is 0 Å². The van der Waals surface area contributed by atoms with E-state index in [-0.39, 0.29) is 16.7 Å². The first-order chi connectivity index (χ1) is 13.7. The van der Waals surface area contributed by atoms with E-state index in [9.17, 15) is 13.2 Å². The molecule has 6 heteroatoms. The van der Waals surface area contributed by atoms with Crippen molar-refractivity contribution in [1.29, 1.82) is 0 Å². The van der Waals surface area contributed by atoms with Gasteiger partial charge in [0.2, 0.25) is 10.0 Å². The van der Waals surface area contributed by atoms with Crippen LogP contribution in [0.3, 0.4) is 0 Å². The number of aryl methyl sites for hydroxylation is 1. The number of anilines is 1. The Bertz CT molecular complexity index is 974. The molecule has 2 aromatic rings. The minimum atomic E-state index is -3.51. The number of benzene rings is 2. The van der Waals surface area contributed by atoms with E-state index >= 15 is 0 Å². The van der Waals surface area contributed by atoms with Crippen molar-refractivity contribution in [2.24, 2.45) is 5.92 Å². The van der Waals surface area contributed by atoms with E-state index in [0.717, 1.165) is 29.7 Å². The second-order valence-electron chi connectivity index (χ2n) is 8.26. The smallest absolute Gasteiger partial charge is 0.255 e. The summed E-state index contributed by atoms with van der Waals surface area (Å²) in [5, 5.41) is 3.00. The van der Waals surface area contributed by atoms with Crippen LogP contribution in [0.25, 0.3) is 0 Å². The number of nitrogens with zero attached hydrogens (tertiary/aromatic N) is 1. The highest BCUT2D eigenvalue weighted by atomic mass is 32.2. The van der Waals surface area contributed by atoms with Gasteiger partial charge >= 0.3 is 0 Å². The second kappa shape index (κ2) is 8.67. The maximum atomic E-state index is 12.9. The van der Waals surface area contributed by atoms with E-state index in [4.69, 9.17) is 0 Å². The fourth-order valence-electron chi connectivity index (χ4n) is 3.68. The van der Waals surface area contributed by atoms with Gasteiger partial charge in [0, 0.05) is 24.3 Å². The number of nitrogens with one attached hydrogen (secondary N) is 1. The molecule has 0 bridgehead atoms. The van der Waals surface area contributed by atoms with Gasteiger partial charge in [-0.1, -0.05) is 39.0 Å². The van der Waals surface area contributed by atoms with E-state index in [1.807, 2.05) is 25.1 Å². The Morgan fingerprint density at radius 1 is 1.07 bits per heavy atom. The fourth-order valence-corrected chi connectivity index (χ4v) is 5.15. The second-order valence-corrected chi connectivity index (χ2v) is 10.2. The number of carbonyl (C=O) groups excluding carboxylic acids is 1. The van der Waals surface area contributed by atoms with Gasteiger partial charge in [0.15, 0.2) is 0 Å². The Morgan fingerprint density at radius 2 is 1.69 bits per heavy atom. The van der Waals surface area contributed by atoms with Crippen molar-refractivity contribution in [2.75, 3.05) is 18.4 Å². The molecule has 1 aliphatic heterocycles. The van der Waals surface area contributed by atoms with E-state index in [1.54, 1.807) is 16.4 Å². The zero-order chi connectivity index (χ0) is 21.2. The van der Waals surface area contributed by atoms with Crippen LogP contribution in [-0.4, -0.2) is 31.7 Å². The van der Waals surface area contributed by atoms with Crippen molar-refractivity contribution < 1.29 is 13.2 Å². The third kappa shape index (κ3) is 4.70. The van der Waals surface area contributed by atoms with Crippen LogP contribution < -0.4 is 5.32 Å². The lowest BCUT2D eigenvalue weighted by Crippen LogP contribution is -2.37. The standard InChI is InChI=1S/C23H30N2O3S/c1-16(2)21-7-5-6-18(4)22(21)24-23(26)19-8-10-20(11-9-19)29(27,28)25-14-12-17(3)13-15-25/h5-11,16-17H,12-15H2,1-4H3,(H,24,26). The van der Waals surface area contributed by atoms with Crippen LogP contribution in [-0.2, 0) is 10.0 Å². The van der Waals surface area contributed by atoms with Crippen LogP contribution in [0.1, 0.15) is 61.0 Å². The molecular formula is C23H30N2O3S. The van der Waals surface area contributed by atoms with Gasteiger partial charge < -0.3 is 5.32 Å². The molecule has 0 saturated carbocycles. The molecule has 0 aromatic heterocycles. The summed E-state index contributed by atoms with van der Waals surface area (Å²) in [5.74, 6) is 0.603. The lowest BCUT2D eigenvalue weighted by Gasteiger charge is -2.29. The maximum absolute atomic E-state index is 12.9. The Kier molecular flexibility index (Phi) is 6.44. The molecule has 3 rings (SSSR count). The molecule has 1 saturated heterocycles. The Labute approximate surface area is 174 Å². The molecule has 1 fully saturated rings. The largest absolute Gasteiger partial charge is 0.321 e. The van der Waals surface area contributed by atoms with Crippen molar-refractivity contribution in [3.8, 4) is 0 Å². The normalized spacial score (nSPS) is 16.2. The number of rotatable bonds is 5. The average molecular weight is 415 g/mol. The molecule has 0 aliphatic carbocycles. The molecule has 1 N–H and O–H groups in total. The van der Waals surface area contributed by atoms with Crippen molar-refractivity contribution in [3.63, 3.8) is 0 Å². The van der Waals surface area contributed by atoms with E-state index in [1.165, 1.54) is 12.1 Å². The molecule has 1 aliphatic rings. The van der Waals surface area contributed by atoms with Crippen molar-refractivity contribution in [2.45, 2.75) is 51.3 Å². The summed E-state index contributed by atoms with van der Waals surface area (Å²) >= 11 is 0. The van der Waals surface area contributed by atoms with Crippen LogP contribution in [0.4, 0.5) is 5.69 Å². The van der Waals surface area contributed by atoms with Gasteiger partial charge in [-0.15, -0.1) is 0 Å². The van der Waals surface area contributed by atoms with E-state index in [0.29, 0.717) is 24.6 Å². The highest BCUT2D eigenvalue weighted by Crippen LogP contribution is 2.28. The molecule has 5 nitrogen and oxygen atoms in total. The minimum absolute atomic E-state index is 0.238. The maximum Gasteiger partial charge on any atom is 0.255 e. The topological polar surface area (TPSA) is 66.5 Å². The third-order valence-electron chi connectivity index (χ3n) is 5.66. The summed E-state index contributed by atoms with van der Waals surface area (Å²) in [4.78, 5) is 13.0. The van der Waals surface area contributed by atoms with Gasteiger partial charge in [-0.2, -0.15) is 4.31 Å². The quantitative estimate of drug-likeness (QED) is 0.765. The molecule has 0 spiro atoms. The lowest BCUT2D eigenvalue weighted by molar-refractivity contribution is 0.102. The van der Waals surface area contributed by atoms with Crippen molar-refractivity contribution in [3.05, 3.63) is 59.2 Å². The summed E-state index contributed by atoms with van der Waals surface area (Å²) in [6, 6.07) is 12.2. The number of carbonyl (C=O) groups is 1. The average Bonchev–Trinajstić information content (AvgIpc) is 2.69. The van der Waals surface area contributed by atoms with Crippen molar-refractivity contribution >= 4 is 21.6 Å². The lowest BCUT2D eigenvalue weighted by atomic mass is 9.98. The van der Waals surface area contributed by atoms with Gasteiger partial charge in [0.25, 0.3) is 5.91 Å². The first-order valence-electron chi connectivity index (χ1n) is 10.2. The van der Waals surface area contributed by atoms with Gasteiger partial charge in [-0.3, -0.25) is 4.79 Å². The molecular weight excluding hydrogens is 384 g/mol. The Hall–Kier alpha value is -2.18. The molecule has 1 heterocycles. The zero-order valence-corrected chi connectivity index (χ0v) is 18.4. The van der Waals surface area contributed by atoms with Crippen LogP contribution in [0.15, 0.2) is 47.4 Å². The number of para-hydroxylation sites is 1. The van der Waals surface area contributed by atoms with Crippen molar-refractivity contribution in [1.82, 2.24) is 4.31 Å². The van der Waals surface area contributed by atoms with Gasteiger partial charge in [-0.05, 0) is 67.0 Å². The summed E-state index contributed by atoms with van der Waals surface area (Å²) in [7, 11) is -3.51. The highest BCUT2D eigenvalue weighted by Gasteiger charge is 2.28. The predicted octanol–water partition coefficient (Wildman–Crippen LogP) is 4.79. The van der Waals surface area contributed by atoms with Crippen LogP contribution in [0.2, 0.25) is 0 Å². The molecule has 1 amide bonds. The fraction of sp³-hybridized carbons (Fsp3) is 0.435. The number of hydrogen-bond donors (Lipinski definition) is 1. The number of sulfonamides is 1. The zero-order valence-electron chi connectivity index (χ0n) is 17.6. The van der Waals surface area contributed by atoms with Gasteiger partial charge in [-0.25, -0.2) is 8.42 Å². The number of amides is 1. The highest BCUT2D eigenvalue weighted by molar-refractivity contribution is 7.89. The molecule has 29 heavy (non-hydrogen) atoms. The molecule has 0 atom stereocenters. The number of piperidine rings is 1. The van der Waals surface area contributed by atoms with E-state index in [2.05, 4.69) is 26.1 Å². The van der Waals surface area contributed by atoms with Gasteiger partial charge in [0.05, 0.1) is 4.90 Å². The third-order valence-corrected chi connectivity index (χ3v) is 7.58.